The zero-order chi connectivity index (χ0) is 15.2. The highest BCUT2D eigenvalue weighted by Gasteiger charge is 2.19. The average molecular weight is 313 g/mol. The van der Waals surface area contributed by atoms with Crippen LogP contribution in [-0.4, -0.2) is 38.8 Å². The van der Waals surface area contributed by atoms with Crippen molar-refractivity contribution in [2.45, 2.75) is 25.8 Å². The molecule has 0 aromatic heterocycles. The van der Waals surface area contributed by atoms with Crippen molar-refractivity contribution < 1.29 is 14.3 Å². The average Bonchev–Trinajstić information content (AvgIpc) is 2.50. The highest BCUT2D eigenvalue weighted by atomic mass is 35.5. The first-order chi connectivity index (χ1) is 10.2. The van der Waals surface area contributed by atoms with Crippen molar-refractivity contribution in [3.63, 3.8) is 0 Å². The summed E-state index contributed by atoms with van der Waals surface area (Å²) < 4.78 is 10.7. The van der Waals surface area contributed by atoms with E-state index in [2.05, 4.69) is 10.6 Å². The summed E-state index contributed by atoms with van der Waals surface area (Å²) in [7, 11) is 1.53. The molecule has 1 aromatic rings. The van der Waals surface area contributed by atoms with E-state index in [1.165, 1.54) is 7.11 Å². The molecule has 1 aliphatic rings. The lowest BCUT2D eigenvalue weighted by Gasteiger charge is -2.24. The highest BCUT2D eigenvalue weighted by Crippen LogP contribution is 2.36. The van der Waals surface area contributed by atoms with Crippen LogP contribution < -0.4 is 20.1 Å². The van der Waals surface area contributed by atoms with Gasteiger partial charge in [0.1, 0.15) is 0 Å². The number of ether oxygens (including phenoxy) is 2. The number of carbonyl (C=O) groups is 1. The van der Waals surface area contributed by atoms with Crippen LogP contribution in [0.2, 0.25) is 5.02 Å². The molecule has 0 saturated carbocycles. The van der Waals surface area contributed by atoms with Crippen molar-refractivity contribution in [2.75, 3.05) is 26.8 Å². The number of rotatable bonds is 5. The number of halogens is 1. The number of amides is 1. The van der Waals surface area contributed by atoms with Crippen LogP contribution in [-0.2, 0) is 0 Å². The first-order valence-corrected chi connectivity index (χ1v) is 7.55. The molecule has 2 rings (SSSR count). The first-order valence-electron chi connectivity index (χ1n) is 7.17. The van der Waals surface area contributed by atoms with Crippen molar-refractivity contribution in [3.05, 3.63) is 22.7 Å². The van der Waals surface area contributed by atoms with Gasteiger partial charge in [0.05, 0.1) is 18.7 Å². The lowest BCUT2D eigenvalue weighted by molar-refractivity contribution is 0.0930. The Morgan fingerprint density at radius 1 is 1.52 bits per heavy atom. The highest BCUT2D eigenvalue weighted by molar-refractivity contribution is 6.32. The van der Waals surface area contributed by atoms with Crippen molar-refractivity contribution in [1.29, 1.82) is 0 Å². The topological polar surface area (TPSA) is 59.6 Å². The van der Waals surface area contributed by atoms with Crippen LogP contribution in [0.25, 0.3) is 0 Å². The Morgan fingerprint density at radius 2 is 2.33 bits per heavy atom. The second-order valence-corrected chi connectivity index (χ2v) is 5.35. The molecule has 1 aromatic carbocycles. The number of hydrogen-bond acceptors (Lipinski definition) is 4. The Morgan fingerprint density at radius 3 is 2.95 bits per heavy atom. The van der Waals surface area contributed by atoms with Crippen molar-refractivity contribution in [3.8, 4) is 11.5 Å². The predicted octanol–water partition coefficient (Wildman–Crippen LogP) is 2.23. The van der Waals surface area contributed by atoms with E-state index in [4.69, 9.17) is 21.1 Å². The molecule has 1 fully saturated rings. The fourth-order valence-corrected chi connectivity index (χ4v) is 2.64. The van der Waals surface area contributed by atoms with E-state index in [9.17, 15) is 4.79 Å². The summed E-state index contributed by atoms with van der Waals surface area (Å²) in [5.74, 6) is 0.792. The monoisotopic (exact) mass is 312 g/mol. The van der Waals surface area contributed by atoms with Gasteiger partial charge >= 0.3 is 0 Å². The molecule has 0 aliphatic carbocycles. The molecule has 1 amide bonds. The molecule has 1 aliphatic heterocycles. The van der Waals surface area contributed by atoms with Crippen LogP contribution in [0.15, 0.2) is 12.1 Å². The second-order valence-electron chi connectivity index (χ2n) is 4.94. The molecule has 0 radical (unpaired) electrons. The minimum Gasteiger partial charge on any atom is -0.493 e. The Kier molecular flexibility index (Phi) is 5.70. The van der Waals surface area contributed by atoms with Gasteiger partial charge in [0.25, 0.3) is 5.91 Å². The SMILES string of the molecule is CCOc1c(Cl)cc(C(=O)N[C@H]2CCCNC2)cc1OC. The van der Waals surface area contributed by atoms with Crippen LogP contribution in [0.4, 0.5) is 0 Å². The van der Waals surface area contributed by atoms with Crippen molar-refractivity contribution >= 4 is 17.5 Å². The third-order valence-electron chi connectivity index (χ3n) is 3.41. The molecule has 6 heteroatoms. The first kappa shape index (κ1) is 15.9. The van der Waals surface area contributed by atoms with Gasteiger partial charge in [-0.15, -0.1) is 0 Å². The molecule has 0 unspecified atom stereocenters. The van der Waals surface area contributed by atoms with Crippen LogP contribution in [0, 0.1) is 0 Å². The fourth-order valence-electron chi connectivity index (χ4n) is 2.38. The van der Waals surface area contributed by atoms with Crippen molar-refractivity contribution in [2.24, 2.45) is 0 Å². The third kappa shape index (κ3) is 4.02. The van der Waals surface area contributed by atoms with Gasteiger partial charge in [-0.2, -0.15) is 0 Å². The van der Waals surface area contributed by atoms with Gasteiger partial charge in [-0.1, -0.05) is 11.6 Å². The maximum absolute atomic E-state index is 12.3. The van der Waals surface area contributed by atoms with Crippen LogP contribution >= 0.6 is 11.6 Å². The van der Waals surface area contributed by atoms with Crippen molar-refractivity contribution in [1.82, 2.24) is 10.6 Å². The fraction of sp³-hybridized carbons (Fsp3) is 0.533. The Hall–Kier alpha value is -1.46. The number of carbonyl (C=O) groups excluding carboxylic acids is 1. The molecule has 0 spiro atoms. The Labute approximate surface area is 130 Å². The van der Waals surface area contributed by atoms with E-state index in [1.807, 2.05) is 6.92 Å². The molecule has 1 saturated heterocycles. The standard InChI is InChI=1S/C15H21ClN2O3/c1-3-21-14-12(16)7-10(8-13(14)20-2)15(19)18-11-5-4-6-17-9-11/h7-8,11,17H,3-6,9H2,1-2H3,(H,18,19)/t11-/m0/s1. The lowest BCUT2D eigenvalue weighted by Crippen LogP contribution is -2.45. The molecular weight excluding hydrogens is 292 g/mol. The van der Waals surface area contributed by atoms with Gasteiger partial charge in [-0.05, 0) is 38.4 Å². The second kappa shape index (κ2) is 7.52. The maximum atomic E-state index is 12.3. The minimum absolute atomic E-state index is 0.146. The molecule has 116 valence electrons. The summed E-state index contributed by atoms with van der Waals surface area (Å²) in [5.41, 5.74) is 0.478. The van der Waals surface area contributed by atoms with Gasteiger partial charge in [0, 0.05) is 18.2 Å². The summed E-state index contributed by atoms with van der Waals surface area (Å²) in [6.45, 7) is 4.16. The largest absolute Gasteiger partial charge is 0.493 e. The summed E-state index contributed by atoms with van der Waals surface area (Å²) in [6.07, 6.45) is 2.05. The van der Waals surface area contributed by atoms with Gasteiger partial charge in [0.2, 0.25) is 0 Å². The minimum atomic E-state index is -0.146. The van der Waals surface area contributed by atoms with E-state index < -0.39 is 0 Å². The Balaban J connectivity index is 2.15. The quantitative estimate of drug-likeness (QED) is 0.875. The molecule has 21 heavy (non-hydrogen) atoms. The smallest absolute Gasteiger partial charge is 0.251 e. The van der Waals surface area contributed by atoms with Gasteiger partial charge in [-0.25, -0.2) is 0 Å². The number of nitrogens with one attached hydrogen (secondary N) is 2. The van der Waals surface area contributed by atoms with Crippen LogP contribution in [0.1, 0.15) is 30.1 Å². The molecule has 1 atom stereocenters. The zero-order valence-electron chi connectivity index (χ0n) is 12.4. The summed E-state index contributed by atoms with van der Waals surface area (Å²) in [6, 6.07) is 3.42. The molecular formula is C15H21ClN2O3. The Bertz CT molecular complexity index is 502. The number of benzene rings is 1. The van der Waals surface area contributed by atoms with E-state index in [-0.39, 0.29) is 11.9 Å². The summed E-state index contributed by atoms with van der Waals surface area (Å²) in [5, 5.41) is 6.65. The molecule has 5 nitrogen and oxygen atoms in total. The number of hydrogen-bond donors (Lipinski definition) is 2. The van der Waals surface area contributed by atoms with E-state index >= 15 is 0 Å². The normalized spacial score (nSPS) is 18.1. The van der Waals surface area contributed by atoms with E-state index in [0.29, 0.717) is 28.7 Å². The van der Waals surface area contributed by atoms with E-state index in [1.54, 1.807) is 12.1 Å². The summed E-state index contributed by atoms with van der Waals surface area (Å²) >= 11 is 6.18. The number of methoxy groups -OCH3 is 1. The van der Waals surface area contributed by atoms with Gasteiger partial charge < -0.3 is 20.1 Å². The maximum Gasteiger partial charge on any atom is 0.251 e. The van der Waals surface area contributed by atoms with Gasteiger partial charge in [0.15, 0.2) is 11.5 Å². The third-order valence-corrected chi connectivity index (χ3v) is 3.69. The lowest BCUT2D eigenvalue weighted by atomic mass is 10.1. The zero-order valence-corrected chi connectivity index (χ0v) is 13.1. The van der Waals surface area contributed by atoms with Gasteiger partial charge in [-0.3, -0.25) is 4.79 Å². The van der Waals surface area contributed by atoms with Crippen LogP contribution in [0.3, 0.4) is 0 Å². The molecule has 0 bridgehead atoms. The summed E-state index contributed by atoms with van der Waals surface area (Å²) in [4.78, 5) is 12.3. The molecule has 2 N–H and O–H groups in total. The van der Waals surface area contributed by atoms with E-state index in [0.717, 1.165) is 25.9 Å². The van der Waals surface area contributed by atoms with Crippen LogP contribution in [0.5, 0.6) is 11.5 Å². The predicted molar refractivity (Wildman–Crippen MR) is 82.5 cm³/mol. The molecule has 1 heterocycles. The number of piperidine rings is 1.